The van der Waals surface area contributed by atoms with E-state index in [0.717, 1.165) is 18.9 Å². The molecule has 1 atom stereocenters. The van der Waals surface area contributed by atoms with Crippen LogP contribution in [0.2, 0.25) is 0 Å². The van der Waals surface area contributed by atoms with Crippen LogP contribution in [0.5, 0.6) is 0 Å². The first-order valence-electron chi connectivity index (χ1n) is 7.75. The first-order valence-corrected chi connectivity index (χ1v) is 7.75. The SMILES string of the molecule is CCCCCCC(C)NC(=NCCC(=O)OC)NCC.I. The van der Waals surface area contributed by atoms with E-state index in [4.69, 9.17) is 0 Å². The summed E-state index contributed by atoms with van der Waals surface area (Å²) in [5.41, 5.74) is 0. The highest BCUT2D eigenvalue weighted by Gasteiger charge is 2.05. The van der Waals surface area contributed by atoms with E-state index in [-0.39, 0.29) is 29.9 Å². The van der Waals surface area contributed by atoms with Crippen molar-refractivity contribution in [1.82, 2.24) is 10.6 Å². The number of nitrogens with zero attached hydrogens (tertiary/aromatic N) is 1. The number of guanidine groups is 1. The smallest absolute Gasteiger partial charge is 0.307 e. The van der Waals surface area contributed by atoms with E-state index in [1.807, 2.05) is 6.92 Å². The monoisotopic (exact) mass is 413 g/mol. The molecule has 0 spiro atoms. The highest BCUT2D eigenvalue weighted by atomic mass is 127. The summed E-state index contributed by atoms with van der Waals surface area (Å²) in [5.74, 6) is 0.552. The van der Waals surface area contributed by atoms with Gasteiger partial charge < -0.3 is 15.4 Å². The van der Waals surface area contributed by atoms with Gasteiger partial charge in [0.05, 0.1) is 20.1 Å². The van der Waals surface area contributed by atoms with Gasteiger partial charge in [0.15, 0.2) is 5.96 Å². The Balaban J connectivity index is 0. The summed E-state index contributed by atoms with van der Waals surface area (Å²) < 4.78 is 4.60. The van der Waals surface area contributed by atoms with Crippen molar-refractivity contribution in [2.75, 3.05) is 20.2 Å². The maximum absolute atomic E-state index is 11.0. The molecule has 1 unspecified atom stereocenters. The lowest BCUT2D eigenvalue weighted by molar-refractivity contribution is -0.140. The number of rotatable bonds is 10. The second-order valence-corrected chi connectivity index (χ2v) is 4.98. The highest BCUT2D eigenvalue weighted by molar-refractivity contribution is 14.0. The molecular weight excluding hydrogens is 381 g/mol. The number of nitrogens with one attached hydrogen (secondary N) is 2. The first-order chi connectivity index (χ1) is 9.63. The molecule has 0 aliphatic rings. The van der Waals surface area contributed by atoms with Crippen LogP contribution in [0.15, 0.2) is 4.99 Å². The Morgan fingerprint density at radius 3 is 2.52 bits per heavy atom. The summed E-state index contributed by atoms with van der Waals surface area (Å²) in [4.78, 5) is 15.4. The van der Waals surface area contributed by atoms with E-state index < -0.39 is 0 Å². The number of carbonyl (C=O) groups is 1. The van der Waals surface area contributed by atoms with Crippen molar-refractivity contribution in [2.45, 2.75) is 65.3 Å². The van der Waals surface area contributed by atoms with Gasteiger partial charge in [-0.05, 0) is 20.3 Å². The van der Waals surface area contributed by atoms with Gasteiger partial charge >= 0.3 is 5.97 Å². The molecule has 2 N–H and O–H groups in total. The maximum Gasteiger partial charge on any atom is 0.307 e. The standard InChI is InChI=1S/C15H31N3O2.HI/c1-5-7-8-9-10-13(3)18-15(16-6-2)17-12-11-14(19)20-4;/h13H,5-12H2,1-4H3,(H2,16,17,18);1H. The number of halogens is 1. The molecule has 0 aromatic heterocycles. The number of carbonyl (C=O) groups excluding carboxylic acids is 1. The van der Waals surface area contributed by atoms with Crippen molar-refractivity contribution in [3.05, 3.63) is 0 Å². The fourth-order valence-electron chi connectivity index (χ4n) is 1.86. The zero-order chi connectivity index (χ0) is 15.2. The molecule has 0 bridgehead atoms. The lowest BCUT2D eigenvalue weighted by atomic mass is 10.1. The molecular formula is C15H32IN3O2. The normalized spacial score (nSPS) is 12.3. The number of hydrogen-bond acceptors (Lipinski definition) is 3. The number of hydrogen-bond donors (Lipinski definition) is 2. The molecule has 6 heteroatoms. The minimum absolute atomic E-state index is 0. The number of unbranched alkanes of at least 4 members (excludes halogenated alkanes) is 3. The van der Waals surface area contributed by atoms with E-state index in [9.17, 15) is 4.79 Å². The van der Waals surface area contributed by atoms with Gasteiger partial charge in [-0.25, -0.2) is 0 Å². The molecule has 21 heavy (non-hydrogen) atoms. The minimum atomic E-state index is -0.225. The molecule has 0 aromatic rings. The predicted molar refractivity (Wildman–Crippen MR) is 99.4 cm³/mol. The third kappa shape index (κ3) is 14.2. The summed E-state index contributed by atoms with van der Waals surface area (Å²) in [5, 5.41) is 6.57. The third-order valence-electron chi connectivity index (χ3n) is 3.03. The second-order valence-electron chi connectivity index (χ2n) is 4.98. The molecule has 126 valence electrons. The fraction of sp³-hybridized carbons (Fsp3) is 0.867. The fourth-order valence-corrected chi connectivity index (χ4v) is 1.86. The van der Waals surface area contributed by atoms with Crippen LogP contribution in [0.4, 0.5) is 0 Å². The van der Waals surface area contributed by atoms with E-state index in [0.29, 0.717) is 19.0 Å². The van der Waals surface area contributed by atoms with Crippen molar-refractivity contribution in [2.24, 2.45) is 4.99 Å². The topological polar surface area (TPSA) is 62.7 Å². The summed E-state index contributed by atoms with van der Waals surface area (Å²) in [7, 11) is 1.40. The van der Waals surface area contributed by atoms with Crippen molar-refractivity contribution >= 4 is 35.9 Å². The van der Waals surface area contributed by atoms with Gasteiger partial charge in [0, 0.05) is 12.6 Å². The molecule has 0 heterocycles. The maximum atomic E-state index is 11.0. The van der Waals surface area contributed by atoms with Crippen LogP contribution >= 0.6 is 24.0 Å². The van der Waals surface area contributed by atoms with E-state index in [1.54, 1.807) is 0 Å². The van der Waals surface area contributed by atoms with Crippen molar-refractivity contribution in [3.8, 4) is 0 Å². The molecule has 0 saturated heterocycles. The van der Waals surface area contributed by atoms with Crippen LogP contribution in [-0.2, 0) is 9.53 Å². The average Bonchev–Trinajstić information content (AvgIpc) is 2.43. The second kappa shape index (κ2) is 15.9. The molecule has 0 fully saturated rings. The Labute approximate surface area is 146 Å². The molecule has 0 rings (SSSR count). The lowest BCUT2D eigenvalue weighted by Crippen LogP contribution is -2.42. The number of ether oxygens (including phenoxy) is 1. The van der Waals surface area contributed by atoms with Crippen molar-refractivity contribution < 1.29 is 9.53 Å². The van der Waals surface area contributed by atoms with E-state index in [1.165, 1.54) is 32.8 Å². The van der Waals surface area contributed by atoms with Crippen LogP contribution in [-0.4, -0.2) is 38.2 Å². The van der Waals surface area contributed by atoms with Crippen molar-refractivity contribution in [3.63, 3.8) is 0 Å². The summed E-state index contributed by atoms with van der Waals surface area (Å²) in [6.07, 6.45) is 6.56. The largest absolute Gasteiger partial charge is 0.469 e. The van der Waals surface area contributed by atoms with E-state index >= 15 is 0 Å². The lowest BCUT2D eigenvalue weighted by Gasteiger charge is -2.17. The Hall–Kier alpha value is -0.530. The van der Waals surface area contributed by atoms with Gasteiger partial charge in [-0.1, -0.05) is 32.6 Å². The Morgan fingerprint density at radius 1 is 1.24 bits per heavy atom. The molecule has 0 aliphatic heterocycles. The highest BCUT2D eigenvalue weighted by Crippen LogP contribution is 2.05. The molecule has 0 aromatic carbocycles. The zero-order valence-corrected chi connectivity index (χ0v) is 16.2. The van der Waals surface area contributed by atoms with Gasteiger partial charge in [0.1, 0.15) is 0 Å². The third-order valence-corrected chi connectivity index (χ3v) is 3.03. The van der Waals surface area contributed by atoms with Crippen LogP contribution < -0.4 is 10.6 Å². The van der Waals surface area contributed by atoms with Gasteiger partial charge in [0.2, 0.25) is 0 Å². The Kier molecular flexibility index (Phi) is 17.2. The summed E-state index contributed by atoms with van der Waals surface area (Å²) >= 11 is 0. The molecule has 0 aliphatic carbocycles. The summed E-state index contributed by atoms with van der Waals surface area (Å²) in [6, 6.07) is 0.391. The van der Waals surface area contributed by atoms with Crippen LogP contribution in [0.3, 0.4) is 0 Å². The predicted octanol–water partition coefficient (Wildman–Crippen LogP) is 3.08. The molecule has 0 amide bonds. The Morgan fingerprint density at radius 2 is 1.95 bits per heavy atom. The van der Waals surface area contributed by atoms with Gasteiger partial charge in [-0.3, -0.25) is 9.79 Å². The first kappa shape index (κ1) is 22.7. The van der Waals surface area contributed by atoms with Crippen LogP contribution in [0, 0.1) is 0 Å². The summed E-state index contributed by atoms with van der Waals surface area (Å²) in [6.45, 7) is 7.68. The van der Waals surface area contributed by atoms with E-state index in [2.05, 4.69) is 34.2 Å². The van der Waals surface area contributed by atoms with Gasteiger partial charge in [-0.15, -0.1) is 24.0 Å². The van der Waals surface area contributed by atoms with Gasteiger partial charge in [-0.2, -0.15) is 0 Å². The number of aliphatic imine (C=N–C) groups is 1. The Bertz CT molecular complexity index is 286. The molecule has 0 saturated carbocycles. The minimum Gasteiger partial charge on any atom is -0.469 e. The van der Waals surface area contributed by atoms with Crippen LogP contribution in [0.1, 0.15) is 59.3 Å². The quantitative estimate of drug-likeness (QED) is 0.190. The van der Waals surface area contributed by atoms with Gasteiger partial charge in [0.25, 0.3) is 0 Å². The molecule has 0 radical (unpaired) electrons. The van der Waals surface area contributed by atoms with Crippen LogP contribution in [0.25, 0.3) is 0 Å². The number of methoxy groups -OCH3 is 1. The zero-order valence-electron chi connectivity index (χ0n) is 13.9. The number of esters is 1. The molecule has 5 nitrogen and oxygen atoms in total. The van der Waals surface area contributed by atoms with Crippen molar-refractivity contribution in [1.29, 1.82) is 0 Å². The average molecular weight is 413 g/mol.